The molecule has 0 aliphatic heterocycles. The van der Waals surface area contributed by atoms with Crippen LogP contribution in [0, 0.1) is 23.7 Å². The zero-order valence-corrected chi connectivity index (χ0v) is 62.7. The predicted octanol–water partition coefficient (Wildman–Crippen LogP) is 21.3. The van der Waals surface area contributed by atoms with Crippen molar-refractivity contribution < 1.29 is 80.2 Å². The minimum Gasteiger partial charge on any atom is -0.462 e. The smallest absolute Gasteiger partial charge is 0.462 e. The molecule has 0 bridgehead atoms. The van der Waals surface area contributed by atoms with Gasteiger partial charge in [-0.2, -0.15) is 0 Å². The number of ether oxygens (including phenoxy) is 4. The summed E-state index contributed by atoms with van der Waals surface area (Å²) in [5, 5.41) is 10.6. The second-order valence-electron chi connectivity index (χ2n) is 28.6. The lowest BCUT2D eigenvalue weighted by atomic mass is 10.0. The molecule has 19 heteroatoms. The van der Waals surface area contributed by atoms with Crippen molar-refractivity contribution in [3.63, 3.8) is 0 Å². The number of carbonyl (C=O) groups is 4. The number of hydrogen-bond donors (Lipinski definition) is 3. The minimum atomic E-state index is -4.96. The molecule has 0 saturated carbocycles. The number of aliphatic hydroxyl groups excluding tert-OH is 1. The SMILES string of the molecule is CC(C)CCCCCCCCCCCCCCCCCC(=O)OC[C@H](COP(=O)(O)OCC(O)COP(=O)(O)OC[C@@H](COC(=O)CCCCCCCCCC(C)C)OC(=O)CCCCCCCCCCCCC(C)C)OC(=O)CCCCCCCCCCCC(C)C. The van der Waals surface area contributed by atoms with Gasteiger partial charge < -0.3 is 33.8 Å². The summed E-state index contributed by atoms with van der Waals surface area (Å²) < 4.78 is 68.4. The van der Waals surface area contributed by atoms with Crippen LogP contribution in [0.25, 0.3) is 0 Å². The van der Waals surface area contributed by atoms with E-state index in [0.717, 1.165) is 114 Å². The van der Waals surface area contributed by atoms with Crippen LogP contribution in [0.1, 0.15) is 370 Å². The summed E-state index contributed by atoms with van der Waals surface area (Å²) in [4.78, 5) is 72.7. The van der Waals surface area contributed by atoms with E-state index in [-0.39, 0.29) is 25.7 Å². The molecule has 17 nitrogen and oxygen atoms in total. The summed E-state index contributed by atoms with van der Waals surface area (Å²) in [7, 11) is -9.91. The summed E-state index contributed by atoms with van der Waals surface area (Å²) in [5.74, 6) is 0.875. The van der Waals surface area contributed by atoms with Crippen LogP contribution < -0.4 is 0 Å². The number of phosphoric ester groups is 2. The van der Waals surface area contributed by atoms with Gasteiger partial charge in [-0.15, -0.1) is 0 Å². The zero-order chi connectivity index (χ0) is 68.9. The first-order chi connectivity index (χ1) is 44.6. The van der Waals surface area contributed by atoms with E-state index in [1.165, 1.54) is 167 Å². The Labute approximate surface area is 568 Å². The summed E-state index contributed by atoms with van der Waals surface area (Å²) >= 11 is 0. The Morgan fingerprint density at radius 2 is 0.452 bits per heavy atom. The van der Waals surface area contributed by atoms with Gasteiger partial charge in [-0.1, -0.05) is 319 Å². The van der Waals surface area contributed by atoms with Gasteiger partial charge in [0.05, 0.1) is 26.4 Å². The van der Waals surface area contributed by atoms with E-state index in [1.54, 1.807) is 0 Å². The monoisotopic (exact) mass is 1370 g/mol. The highest BCUT2D eigenvalue weighted by atomic mass is 31.2. The lowest BCUT2D eigenvalue weighted by Crippen LogP contribution is -2.30. The largest absolute Gasteiger partial charge is 0.472 e. The van der Waals surface area contributed by atoms with Crippen LogP contribution in [0.5, 0.6) is 0 Å². The average Bonchev–Trinajstić information content (AvgIpc) is 1.87. The van der Waals surface area contributed by atoms with Crippen LogP contribution in [0.2, 0.25) is 0 Å². The summed E-state index contributed by atoms with van der Waals surface area (Å²) in [6, 6.07) is 0. The molecular formula is C74H144O17P2. The average molecular weight is 1370 g/mol. The lowest BCUT2D eigenvalue weighted by molar-refractivity contribution is -0.161. The van der Waals surface area contributed by atoms with Crippen LogP contribution in [0.3, 0.4) is 0 Å². The van der Waals surface area contributed by atoms with Crippen molar-refractivity contribution in [2.24, 2.45) is 23.7 Å². The van der Waals surface area contributed by atoms with Crippen LogP contribution >= 0.6 is 15.6 Å². The molecule has 0 amide bonds. The molecule has 5 atom stereocenters. The Morgan fingerprint density at radius 1 is 0.269 bits per heavy atom. The van der Waals surface area contributed by atoms with Gasteiger partial charge in [0.1, 0.15) is 19.3 Å². The molecule has 93 heavy (non-hydrogen) atoms. The van der Waals surface area contributed by atoms with E-state index in [2.05, 4.69) is 55.4 Å². The molecule has 0 fully saturated rings. The molecule has 0 saturated heterocycles. The van der Waals surface area contributed by atoms with Crippen molar-refractivity contribution in [3.8, 4) is 0 Å². The lowest BCUT2D eigenvalue weighted by Gasteiger charge is -2.21. The van der Waals surface area contributed by atoms with Gasteiger partial charge in [0.15, 0.2) is 12.2 Å². The normalized spacial score (nSPS) is 14.2. The molecule has 0 radical (unpaired) electrons. The standard InChI is InChI=1S/C74H144O17P2/c1-64(2)50-42-34-26-19-14-12-10-9-11-13-15-22-30-38-46-54-71(76)84-60-69(91-74(79)57-49-41-32-24-18-21-28-36-44-52-66(5)6)62-88-92(80,81)86-58-68(75)59-87-93(82,83)89-63-70(61-85-72(77)55-47-39-33-25-29-37-45-53-67(7)8)90-73(78)56-48-40-31-23-17-16-20-27-35-43-51-65(3)4/h64-70,75H,9-63H2,1-8H3,(H,80,81)(H,82,83)/t68?,69-,70-/m1/s1. The molecule has 0 aromatic carbocycles. The highest BCUT2D eigenvalue weighted by Gasteiger charge is 2.30. The Hall–Kier alpha value is -1.94. The molecule has 3 unspecified atom stereocenters. The quantitative estimate of drug-likeness (QED) is 0.0222. The van der Waals surface area contributed by atoms with Crippen molar-refractivity contribution in [1.29, 1.82) is 0 Å². The third-order valence-corrected chi connectivity index (χ3v) is 19.0. The van der Waals surface area contributed by atoms with Crippen LogP contribution in [-0.4, -0.2) is 96.7 Å². The van der Waals surface area contributed by atoms with Gasteiger partial charge in [0, 0.05) is 25.7 Å². The summed E-state index contributed by atoms with van der Waals surface area (Å²) in [5.41, 5.74) is 0. The van der Waals surface area contributed by atoms with Gasteiger partial charge in [0.2, 0.25) is 0 Å². The Morgan fingerprint density at radius 3 is 0.667 bits per heavy atom. The van der Waals surface area contributed by atoms with Gasteiger partial charge in [0.25, 0.3) is 0 Å². The van der Waals surface area contributed by atoms with Gasteiger partial charge in [-0.3, -0.25) is 37.3 Å². The van der Waals surface area contributed by atoms with Crippen LogP contribution in [-0.2, 0) is 65.4 Å². The maximum absolute atomic E-state index is 13.1. The minimum absolute atomic E-state index is 0.105. The van der Waals surface area contributed by atoms with Gasteiger partial charge >= 0.3 is 39.5 Å². The van der Waals surface area contributed by atoms with Crippen LogP contribution in [0.15, 0.2) is 0 Å². The molecule has 552 valence electrons. The van der Waals surface area contributed by atoms with Crippen LogP contribution in [0.4, 0.5) is 0 Å². The van der Waals surface area contributed by atoms with Crippen molar-refractivity contribution in [3.05, 3.63) is 0 Å². The number of rotatable bonds is 71. The fourth-order valence-corrected chi connectivity index (χ4v) is 12.8. The molecule has 0 rings (SSSR count). The first-order valence-electron chi connectivity index (χ1n) is 38.2. The second-order valence-corrected chi connectivity index (χ2v) is 31.5. The molecule has 3 N–H and O–H groups in total. The molecule has 0 aromatic rings. The van der Waals surface area contributed by atoms with Gasteiger partial charge in [-0.25, -0.2) is 9.13 Å². The Kier molecular flexibility index (Phi) is 62.2. The van der Waals surface area contributed by atoms with E-state index in [9.17, 15) is 43.2 Å². The number of unbranched alkanes of at least 4 members (excludes halogenated alkanes) is 37. The number of esters is 4. The number of aliphatic hydroxyl groups is 1. The van der Waals surface area contributed by atoms with Crippen molar-refractivity contribution >= 4 is 39.5 Å². The number of carbonyl (C=O) groups excluding carboxylic acids is 4. The first-order valence-corrected chi connectivity index (χ1v) is 41.2. The third kappa shape index (κ3) is 68.4. The zero-order valence-electron chi connectivity index (χ0n) is 60.9. The first kappa shape index (κ1) is 91.1. The fourth-order valence-electron chi connectivity index (χ4n) is 11.2. The second kappa shape index (κ2) is 63.5. The van der Waals surface area contributed by atoms with Crippen molar-refractivity contribution in [2.45, 2.75) is 388 Å². The fraction of sp³-hybridized carbons (Fsp3) is 0.946. The van der Waals surface area contributed by atoms with E-state index in [0.29, 0.717) is 31.6 Å². The molecule has 0 aliphatic carbocycles. The van der Waals surface area contributed by atoms with E-state index < -0.39 is 97.5 Å². The highest BCUT2D eigenvalue weighted by Crippen LogP contribution is 2.45. The van der Waals surface area contributed by atoms with Crippen molar-refractivity contribution in [2.75, 3.05) is 39.6 Å². The predicted molar refractivity (Wildman–Crippen MR) is 377 cm³/mol. The number of hydrogen-bond acceptors (Lipinski definition) is 15. The molecule has 0 spiro atoms. The molecule has 0 aromatic heterocycles. The molecule has 0 aliphatic rings. The van der Waals surface area contributed by atoms with E-state index in [4.69, 9.17) is 37.0 Å². The van der Waals surface area contributed by atoms with E-state index >= 15 is 0 Å². The van der Waals surface area contributed by atoms with Gasteiger partial charge in [-0.05, 0) is 49.4 Å². The molecule has 0 heterocycles. The van der Waals surface area contributed by atoms with E-state index in [1.807, 2.05) is 0 Å². The maximum atomic E-state index is 13.1. The summed E-state index contributed by atoms with van der Waals surface area (Å²) in [6.07, 6.45) is 47.3. The third-order valence-electron chi connectivity index (χ3n) is 17.1. The number of phosphoric acid groups is 2. The summed E-state index contributed by atoms with van der Waals surface area (Å²) in [6.45, 7) is 14.1. The highest BCUT2D eigenvalue weighted by molar-refractivity contribution is 7.47. The molecular weight excluding hydrogens is 1220 g/mol. The Bertz CT molecular complexity index is 1830. The topological polar surface area (TPSA) is 237 Å². The Balaban J connectivity index is 5.22. The van der Waals surface area contributed by atoms with Crippen molar-refractivity contribution in [1.82, 2.24) is 0 Å². The maximum Gasteiger partial charge on any atom is 0.472 e.